The van der Waals surface area contributed by atoms with Gasteiger partial charge in [0.05, 0.1) is 24.8 Å². The predicted octanol–water partition coefficient (Wildman–Crippen LogP) is 4.13. The van der Waals surface area contributed by atoms with Crippen molar-refractivity contribution < 1.29 is 13.9 Å². The maximum absolute atomic E-state index is 13.4. The van der Waals surface area contributed by atoms with E-state index in [9.17, 15) is 9.18 Å². The fourth-order valence-electron chi connectivity index (χ4n) is 3.33. The van der Waals surface area contributed by atoms with E-state index < -0.39 is 0 Å². The summed E-state index contributed by atoms with van der Waals surface area (Å²) in [4.78, 5) is 16.2. The van der Waals surface area contributed by atoms with Crippen LogP contribution in [0, 0.1) is 5.82 Å². The number of hydrogen-bond donors (Lipinski definition) is 1. The highest BCUT2D eigenvalue weighted by molar-refractivity contribution is 8.00. The topological polar surface area (TPSA) is 41.6 Å². The number of carbonyl (C=O) groups excluding carboxylic acids is 1. The SMILES string of the molecule is CC(C)Sc1ccccc1C(=O)NCC(c1ccc(F)cc1)N1CCOCC1. The normalized spacial score (nSPS) is 16.1. The average molecular weight is 403 g/mol. The summed E-state index contributed by atoms with van der Waals surface area (Å²) >= 11 is 1.68. The number of rotatable bonds is 7. The lowest BCUT2D eigenvalue weighted by Crippen LogP contribution is -2.43. The first-order valence-corrected chi connectivity index (χ1v) is 10.5. The zero-order chi connectivity index (χ0) is 19.9. The van der Waals surface area contributed by atoms with Gasteiger partial charge in [0.1, 0.15) is 5.82 Å². The molecule has 0 aromatic heterocycles. The first kappa shape index (κ1) is 20.8. The Balaban J connectivity index is 1.74. The fourth-order valence-corrected chi connectivity index (χ4v) is 4.28. The van der Waals surface area contributed by atoms with Crippen LogP contribution in [-0.4, -0.2) is 48.9 Å². The van der Waals surface area contributed by atoms with Crippen molar-refractivity contribution in [2.75, 3.05) is 32.8 Å². The van der Waals surface area contributed by atoms with Crippen LogP contribution in [-0.2, 0) is 4.74 Å². The van der Waals surface area contributed by atoms with Crippen LogP contribution in [0.2, 0.25) is 0 Å². The van der Waals surface area contributed by atoms with Gasteiger partial charge in [-0.25, -0.2) is 4.39 Å². The number of benzene rings is 2. The first-order chi connectivity index (χ1) is 13.5. The van der Waals surface area contributed by atoms with Gasteiger partial charge >= 0.3 is 0 Å². The Hall–Kier alpha value is -1.89. The number of amides is 1. The molecule has 2 aromatic rings. The summed E-state index contributed by atoms with van der Waals surface area (Å²) in [5.74, 6) is -0.336. The van der Waals surface area contributed by atoms with E-state index in [1.807, 2.05) is 24.3 Å². The third kappa shape index (κ3) is 5.56. The summed E-state index contributed by atoms with van der Waals surface area (Å²) in [6, 6.07) is 14.2. The molecule has 2 aromatic carbocycles. The molecule has 1 fully saturated rings. The molecule has 1 saturated heterocycles. The number of morpholine rings is 1. The molecule has 4 nitrogen and oxygen atoms in total. The lowest BCUT2D eigenvalue weighted by molar-refractivity contribution is 0.0162. The number of hydrogen-bond acceptors (Lipinski definition) is 4. The standard InChI is InChI=1S/C22H27FN2O2S/c1-16(2)28-21-6-4-3-5-19(21)22(26)24-15-20(25-11-13-27-14-12-25)17-7-9-18(23)10-8-17/h3-10,16,20H,11-15H2,1-2H3,(H,24,26). The molecule has 0 saturated carbocycles. The second-order valence-corrected chi connectivity index (χ2v) is 8.71. The second-order valence-electron chi connectivity index (χ2n) is 7.09. The minimum atomic E-state index is -0.256. The largest absolute Gasteiger partial charge is 0.379 e. The van der Waals surface area contributed by atoms with E-state index in [-0.39, 0.29) is 17.8 Å². The summed E-state index contributed by atoms with van der Waals surface area (Å²) < 4.78 is 18.8. The maximum Gasteiger partial charge on any atom is 0.252 e. The summed E-state index contributed by atoms with van der Waals surface area (Å²) in [6.07, 6.45) is 0. The molecule has 1 amide bonds. The van der Waals surface area contributed by atoms with Crippen molar-refractivity contribution >= 4 is 17.7 Å². The van der Waals surface area contributed by atoms with E-state index in [1.54, 1.807) is 23.9 Å². The number of nitrogens with zero attached hydrogens (tertiary/aromatic N) is 1. The van der Waals surface area contributed by atoms with Crippen molar-refractivity contribution in [3.05, 3.63) is 65.5 Å². The Labute approximate surface area is 170 Å². The molecule has 6 heteroatoms. The van der Waals surface area contributed by atoms with Gasteiger partial charge in [-0.05, 0) is 29.8 Å². The Morgan fingerprint density at radius 1 is 1.14 bits per heavy atom. The molecule has 0 aliphatic carbocycles. The smallest absolute Gasteiger partial charge is 0.252 e. The summed E-state index contributed by atoms with van der Waals surface area (Å²) in [7, 11) is 0. The van der Waals surface area contributed by atoms with Crippen LogP contribution >= 0.6 is 11.8 Å². The van der Waals surface area contributed by atoms with Crippen molar-refractivity contribution in [1.82, 2.24) is 10.2 Å². The lowest BCUT2D eigenvalue weighted by Gasteiger charge is -2.35. The third-order valence-corrected chi connectivity index (χ3v) is 5.77. The molecule has 1 unspecified atom stereocenters. The molecule has 28 heavy (non-hydrogen) atoms. The Bertz CT molecular complexity index is 776. The van der Waals surface area contributed by atoms with Crippen molar-refractivity contribution in [1.29, 1.82) is 0 Å². The first-order valence-electron chi connectivity index (χ1n) is 9.65. The molecule has 3 rings (SSSR count). The van der Waals surface area contributed by atoms with Crippen LogP contribution in [0.5, 0.6) is 0 Å². The van der Waals surface area contributed by atoms with Gasteiger partial charge in [-0.1, -0.05) is 38.1 Å². The number of halogens is 1. The van der Waals surface area contributed by atoms with E-state index in [0.29, 0.717) is 30.6 Å². The maximum atomic E-state index is 13.4. The highest BCUT2D eigenvalue weighted by atomic mass is 32.2. The second kappa shape index (κ2) is 10.0. The van der Waals surface area contributed by atoms with E-state index in [2.05, 4.69) is 24.1 Å². The van der Waals surface area contributed by atoms with Crippen molar-refractivity contribution in [3.63, 3.8) is 0 Å². The zero-order valence-corrected chi connectivity index (χ0v) is 17.2. The number of carbonyl (C=O) groups is 1. The number of nitrogens with one attached hydrogen (secondary N) is 1. The Kier molecular flexibility index (Phi) is 7.48. The molecule has 0 spiro atoms. The minimum absolute atomic E-state index is 0.0154. The molecule has 1 aliphatic heterocycles. The quantitative estimate of drug-likeness (QED) is 0.707. The number of thioether (sulfide) groups is 1. The third-order valence-electron chi connectivity index (χ3n) is 4.69. The van der Waals surface area contributed by atoms with Crippen molar-refractivity contribution in [3.8, 4) is 0 Å². The van der Waals surface area contributed by atoms with E-state index >= 15 is 0 Å². The summed E-state index contributed by atoms with van der Waals surface area (Å²) in [5, 5.41) is 3.49. The molecule has 0 bridgehead atoms. The van der Waals surface area contributed by atoms with Crippen molar-refractivity contribution in [2.45, 2.75) is 30.0 Å². The summed E-state index contributed by atoms with van der Waals surface area (Å²) in [5.41, 5.74) is 1.69. The molecule has 1 aliphatic rings. The molecule has 1 heterocycles. The monoisotopic (exact) mass is 402 g/mol. The average Bonchev–Trinajstić information content (AvgIpc) is 2.70. The van der Waals surface area contributed by atoms with Crippen molar-refractivity contribution in [2.24, 2.45) is 0 Å². The lowest BCUT2D eigenvalue weighted by atomic mass is 10.0. The van der Waals surface area contributed by atoms with Gasteiger partial charge in [0.25, 0.3) is 5.91 Å². The van der Waals surface area contributed by atoms with Gasteiger partial charge < -0.3 is 10.1 Å². The Morgan fingerprint density at radius 3 is 2.50 bits per heavy atom. The van der Waals surface area contributed by atoms with Gasteiger partial charge in [-0.15, -0.1) is 11.8 Å². The summed E-state index contributed by atoms with van der Waals surface area (Å²) in [6.45, 7) is 7.60. The van der Waals surface area contributed by atoms with E-state index in [1.165, 1.54) is 12.1 Å². The molecule has 1 N–H and O–H groups in total. The van der Waals surface area contributed by atoms with Gasteiger partial charge in [0, 0.05) is 29.8 Å². The van der Waals surface area contributed by atoms with Gasteiger partial charge in [0.15, 0.2) is 0 Å². The van der Waals surface area contributed by atoms with Crippen LogP contribution in [0.3, 0.4) is 0 Å². The van der Waals surface area contributed by atoms with Gasteiger partial charge in [0.2, 0.25) is 0 Å². The predicted molar refractivity (Wildman–Crippen MR) is 111 cm³/mol. The molecular weight excluding hydrogens is 375 g/mol. The van der Waals surface area contributed by atoms with E-state index in [0.717, 1.165) is 23.5 Å². The van der Waals surface area contributed by atoms with Crippen LogP contribution < -0.4 is 5.32 Å². The number of ether oxygens (including phenoxy) is 1. The molecule has 1 atom stereocenters. The van der Waals surface area contributed by atoms with Gasteiger partial charge in [-0.3, -0.25) is 9.69 Å². The van der Waals surface area contributed by atoms with Crippen LogP contribution in [0.4, 0.5) is 4.39 Å². The highest BCUT2D eigenvalue weighted by Crippen LogP contribution is 2.27. The zero-order valence-electron chi connectivity index (χ0n) is 16.4. The molecular formula is C22H27FN2O2S. The fraction of sp³-hybridized carbons (Fsp3) is 0.409. The van der Waals surface area contributed by atoms with E-state index in [4.69, 9.17) is 4.74 Å². The van der Waals surface area contributed by atoms with Crippen LogP contribution in [0.15, 0.2) is 53.4 Å². The Morgan fingerprint density at radius 2 is 1.82 bits per heavy atom. The molecule has 0 radical (unpaired) electrons. The molecule has 150 valence electrons. The van der Waals surface area contributed by atoms with Gasteiger partial charge in [-0.2, -0.15) is 0 Å². The highest BCUT2D eigenvalue weighted by Gasteiger charge is 2.24. The minimum Gasteiger partial charge on any atom is -0.379 e. The van der Waals surface area contributed by atoms with Crippen LogP contribution in [0.25, 0.3) is 0 Å². The van der Waals surface area contributed by atoms with Crippen LogP contribution in [0.1, 0.15) is 35.8 Å².